The Morgan fingerprint density at radius 2 is 1.93 bits per heavy atom. The minimum absolute atomic E-state index is 0.316. The lowest BCUT2D eigenvalue weighted by atomic mass is 10.1. The molecule has 30 heavy (non-hydrogen) atoms. The van der Waals surface area contributed by atoms with Gasteiger partial charge in [-0.05, 0) is 55.0 Å². The van der Waals surface area contributed by atoms with Crippen LogP contribution in [-0.4, -0.2) is 25.3 Å². The lowest BCUT2D eigenvalue weighted by Gasteiger charge is -2.05. The Morgan fingerprint density at radius 1 is 1.07 bits per heavy atom. The Morgan fingerprint density at radius 3 is 2.77 bits per heavy atom. The van der Waals surface area contributed by atoms with E-state index in [4.69, 9.17) is 23.2 Å². The largest absolute Gasteiger partial charge is 0.324 e. The van der Waals surface area contributed by atoms with E-state index in [1.165, 1.54) is 0 Å². The smallest absolute Gasteiger partial charge is 0.278 e. The molecule has 0 aliphatic rings. The van der Waals surface area contributed by atoms with Crippen molar-refractivity contribution in [2.24, 2.45) is 0 Å². The third kappa shape index (κ3) is 3.30. The number of hydrogen-bond acceptors (Lipinski definition) is 3. The maximum absolute atomic E-state index is 12.7. The van der Waals surface area contributed by atoms with E-state index in [2.05, 4.69) is 20.3 Å². The van der Waals surface area contributed by atoms with Crippen molar-refractivity contribution in [3.05, 3.63) is 82.2 Å². The topological polar surface area (TPSA) is 75.1 Å². The Labute approximate surface area is 181 Å². The normalized spacial score (nSPS) is 11.3. The second-order valence-electron chi connectivity index (χ2n) is 6.92. The van der Waals surface area contributed by atoms with Crippen LogP contribution in [0.2, 0.25) is 10.0 Å². The van der Waals surface area contributed by atoms with E-state index < -0.39 is 0 Å². The molecule has 6 nitrogen and oxygen atoms in total. The summed E-state index contributed by atoms with van der Waals surface area (Å²) < 4.78 is 1.87. The Balaban J connectivity index is 1.45. The molecule has 0 fully saturated rings. The average molecular weight is 436 g/mol. The van der Waals surface area contributed by atoms with Gasteiger partial charge in [0.25, 0.3) is 5.91 Å². The van der Waals surface area contributed by atoms with E-state index in [1.807, 2.05) is 53.8 Å². The molecule has 3 heterocycles. The first-order valence-corrected chi connectivity index (χ1v) is 9.95. The molecule has 2 aromatic carbocycles. The molecule has 0 spiro atoms. The van der Waals surface area contributed by atoms with Crippen molar-refractivity contribution in [1.29, 1.82) is 0 Å². The Bertz CT molecular complexity index is 1440. The van der Waals surface area contributed by atoms with Gasteiger partial charge >= 0.3 is 0 Å². The molecule has 8 heteroatoms. The van der Waals surface area contributed by atoms with Gasteiger partial charge in [-0.15, -0.1) is 0 Å². The van der Waals surface area contributed by atoms with Gasteiger partial charge in [0.2, 0.25) is 5.95 Å². The summed E-state index contributed by atoms with van der Waals surface area (Å²) in [6.07, 6.45) is 1.71. The lowest BCUT2D eigenvalue weighted by Crippen LogP contribution is -2.13. The van der Waals surface area contributed by atoms with Crippen molar-refractivity contribution in [2.75, 3.05) is 5.32 Å². The molecule has 0 radical (unpaired) electrons. The summed E-state index contributed by atoms with van der Waals surface area (Å²) in [7, 11) is 0. The number of carbonyl (C=O) groups is 1. The molecule has 0 saturated carbocycles. The first-order valence-electron chi connectivity index (χ1n) is 9.19. The molecule has 3 aromatic heterocycles. The number of pyridine rings is 1. The van der Waals surface area contributed by atoms with Crippen LogP contribution in [-0.2, 0) is 0 Å². The summed E-state index contributed by atoms with van der Waals surface area (Å²) in [5.41, 5.74) is 5.24. The number of benzene rings is 2. The number of amides is 1. The van der Waals surface area contributed by atoms with Crippen LogP contribution < -0.4 is 5.32 Å². The summed E-state index contributed by atoms with van der Waals surface area (Å²) in [6, 6.07) is 16.7. The van der Waals surface area contributed by atoms with Crippen molar-refractivity contribution in [2.45, 2.75) is 6.92 Å². The summed E-state index contributed by atoms with van der Waals surface area (Å²) in [5.74, 6) is 0.00776. The summed E-state index contributed by atoms with van der Waals surface area (Å²) in [4.78, 5) is 24.6. The van der Waals surface area contributed by atoms with Gasteiger partial charge in [-0.25, -0.2) is 9.97 Å². The predicted molar refractivity (Wildman–Crippen MR) is 119 cm³/mol. The molecule has 0 aliphatic carbocycles. The minimum Gasteiger partial charge on any atom is -0.324 e. The molecular weight excluding hydrogens is 421 g/mol. The van der Waals surface area contributed by atoms with E-state index in [0.29, 0.717) is 27.3 Å². The third-order valence-electron chi connectivity index (χ3n) is 4.88. The number of aryl methyl sites for hydroxylation is 1. The number of halogens is 2. The van der Waals surface area contributed by atoms with Crippen LogP contribution in [0.25, 0.3) is 27.8 Å². The second-order valence-corrected chi connectivity index (χ2v) is 7.76. The van der Waals surface area contributed by atoms with E-state index in [9.17, 15) is 4.79 Å². The van der Waals surface area contributed by atoms with Gasteiger partial charge in [-0.3, -0.25) is 10.1 Å². The molecule has 5 aromatic rings. The zero-order valence-electron chi connectivity index (χ0n) is 15.8. The highest BCUT2D eigenvalue weighted by molar-refractivity contribution is 6.35. The first-order chi connectivity index (χ1) is 14.5. The minimum atomic E-state index is -0.338. The molecular formula is C22H15Cl2N5O. The molecule has 0 aliphatic heterocycles. The average Bonchev–Trinajstić information content (AvgIpc) is 3.33. The molecule has 0 atom stereocenters. The predicted octanol–water partition coefficient (Wildman–Crippen LogP) is 5.75. The van der Waals surface area contributed by atoms with Crippen LogP contribution in [0.15, 0.2) is 60.8 Å². The van der Waals surface area contributed by atoms with Gasteiger partial charge in [-0.2, -0.15) is 0 Å². The number of nitrogens with one attached hydrogen (secondary N) is 2. The van der Waals surface area contributed by atoms with Crippen LogP contribution in [0, 0.1) is 6.92 Å². The Hall–Kier alpha value is -3.35. The van der Waals surface area contributed by atoms with Crippen molar-refractivity contribution in [3.63, 3.8) is 0 Å². The number of aromatic amines is 1. The number of carbonyl (C=O) groups excluding carboxylic acids is 1. The van der Waals surface area contributed by atoms with Crippen molar-refractivity contribution in [3.8, 4) is 11.1 Å². The zero-order valence-corrected chi connectivity index (χ0v) is 17.3. The summed E-state index contributed by atoms with van der Waals surface area (Å²) in [5, 5.41) is 3.99. The number of H-pyrrole nitrogens is 1. The zero-order chi connectivity index (χ0) is 20.8. The standard InChI is InChI=1S/C22H15Cl2N5O/c1-12-3-2-4-20-25-19(11-29(12)20)21(30)28-22-26-17-8-5-13(9-18(17)27-22)15-10-14(23)6-7-16(15)24/h2-11H,1H3,(H2,26,27,28,30). The third-order valence-corrected chi connectivity index (χ3v) is 5.45. The molecule has 0 unspecified atom stereocenters. The number of hydrogen-bond donors (Lipinski definition) is 2. The maximum Gasteiger partial charge on any atom is 0.278 e. The number of rotatable bonds is 3. The fourth-order valence-corrected chi connectivity index (χ4v) is 3.78. The van der Waals surface area contributed by atoms with Crippen molar-refractivity contribution >= 4 is 51.7 Å². The monoisotopic (exact) mass is 435 g/mol. The summed E-state index contributed by atoms with van der Waals surface area (Å²) >= 11 is 12.4. The van der Waals surface area contributed by atoms with Gasteiger partial charge in [-0.1, -0.05) is 35.3 Å². The summed E-state index contributed by atoms with van der Waals surface area (Å²) in [6.45, 7) is 1.96. The molecule has 148 valence electrons. The van der Waals surface area contributed by atoms with E-state index >= 15 is 0 Å². The molecule has 1 amide bonds. The fourth-order valence-electron chi connectivity index (χ4n) is 3.38. The highest BCUT2D eigenvalue weighted by Crippen LogP contribution is 2.32. The van der Waals surface area contributed by atoms with Gasteiger partial charge in [0.15, 0.2) is 0 Å². The quantitative estimate of drug-likeness (QED) is 0.379. The van der Waals surface area contributed by atoms with Crippen LogP contribution >= 0.6 is 23.2 Å². The number of anilines is 1. The van der Waals surface area contributed by atoms with Crippen molar-refractivity contribution < 1.29 is 4.79 Å². The molecule has 2 N–H and O–H groups in total. The van der Waals surface area contributed by atoms with Gasteiger partial charge in [0.05, 0.1) is 11.0 Å². The number of fused-ring (bicyclic) bond motifs is 2. The molecule has 5 rings (SSSR count). The van der Waals surface area contributed by atoms with Gasteiger partial charge in [0, 0.05) is 27.5 Å². The maximum atomic E-state index is 12.7. The van der Waals surface area contributed by atoms with E-state index in [1.54, 1.807) is 18.3 Å². The van der Waals surface area contributed by atoms with Gasteiger partial charge in [0.1, 0.15) is 11.3 Å². The fraction of sp³-hybridized carbons (Fsp3) is 0.0455. The van der Waals surface area contributed by atoms with Crippen LogP contribution in [0.4, 0.5) is 5.95 Å². The molecule has 0 bridgehead atoms. The number of aromatic nitrogens is 4. The highest BCUT2D eigenvalue weighted by Gasteiger charge is 2.14. The SMILES string of the molecule is Cc1cccc2nc(C(=O)Nc3nc4ccc(-c5cc(Cl)ccc5Cl)cc4[nH]3)cn12. The Kier molecular flexibility index (Phi) is 4.46. The van der Waals surface area contributed by atoms with Crippen LogP contribution in [0.1, 0.15) is 16.2 Å². The van der Waals surface area contributed by atoms with Crippen LogP contribution in [0.5, 0.6) is 0 Å². The van der Waals surface area contributed by atoms with Gasteiger partial charge < -0.3 is 9.38 Å². The van der Waals surface area contributed by atoms with E-state index in [-0.39, 0.29) is 5.91 Å². The first kappa shape index (κ1) is 18.7. The number of imidazole rings is 2. The van der Waals surface area contributed by atoms with Crippen molar-refractivity contribution in [1.82, 2.24) is 19.4 Å². The van der Waals surface area contributed by atoms with Crippen LogP contribution in [0.3, 0.4) is 0 Å². The second kappa shape index (κ2) is 7.16. The lowest BCUT2D eigenvalue weighted by molar-refractivity contribution is 0.102. The molecule has 0 saturated heterocycles. The van der Waals surface area contributed by atoms with E-state index in [0.717, 1.165) is 27.9 Å². The number of nitrogens with zero attached hydrogens (tertiary/aromatic N) is 3. The highest BCUT2D eigenvalue weighted by atomic mass is 35.5.